The van der Waals surface area contributed by atoms with E-state index in [9.17, 15) is 39.6 Å². The Morgan fingerprint density at radius 2 is 1.80 bits per heavy atom. The molecule has 0 saturated carbocycles. The molecule has 0 spiro atoms. The standard InChI is InChI=1S/C31H30N4O9/c1-35(2)24-18-12-14-11-17-16(13-3-5-15(6-4-13)34-30(42)20-9-10-33-44-20)7-8-19(36)22(17)25(37)21(14)27(39)31(18,43)28(40)23(26(24)38)29(32)41/h3-8,10,14,18,20,24,36,38-39,43H,9,11-12H2,1-2H3,(H2,32,41)(H,34,42)/t14-,18-,20?,24-,31-/m0/s1. The molecule has 4 aliphatic rings. The van der Waals surface area contributed by atoms with E-state index < -0.39 is 64.1 Å². The molecule has 0 fully saturated rings. The van der Waals surface area contributed by atoms with Gasteiger partial charge in [-0.05, 0) is 67.7 Å². The number of carbonyl (C=O) groups is 4. The van der Waals surface area contributed by atoms with Crippen molar-refractivity contribution in [1.29, 1.82) is 0 Å². The van der Waals surface area contributed by atoms with Gasteiger partial charge in [-0.15, -0.1) is 0 Å². The molecule has 2 amide bonds. The number of oxime groups is 1. The molecule has 44 heavy (non-hydrogen) atoms. The van der Waals surface area contributed by atoms with Crippen LogP contribution in [0, 0.1) is 11.8 Å². The van der Waals surface area contributed by atoms with Gasteiger partial charge in [0.05, 0.1) is 11.6 Å². The molecule has 3 aliphatic carbocycles. The largest absolute Gasteiger partial charge is 0.510 e. The van der Waals surface area contributed by atoms with E-state index in [4.69, 9.17) is 10.6 Å². The minimum atomic E-state index is -2.70. The van der Waals surface area contributed by atoms with Gasteiger partial charge in [0.25, 0.3) is 11.8 Å². The van der Waals surface area contributed by atoms with Gasteiger partial charge in [0.2, 0.25) is 11.9 Å². The molecule has 2 aromatic rings. The number of phenols is 1. The van der Waals surface area contributed by atoms with Crippen molar-refractivity contribution in [3.05, 3.63) is 70.2 Å². The van der Waals surface area contributed by atoms with E-state index in [0.717, 1.165) is 0 Å². The summed E-state index contributed by atoms with van der Waals surface area (Å²) >= 11 is 0. The van der Waals surface area contributed by atoms with Crippen LogP contribution in [-0.4, -0.2) is 86.8 Å². The van der Waals surface area contributed by atoms with Crippen molar-refractivity contribution in [2.24, 2.45) is 22.7 Å². The number of phenolic OH excluding ortho intramolecular Hbond substituents is 1. The molecule has 228 valence electrons. The molecule has 7 N–H and O–H groups in total. The van der Waals surface area contributed by atoms with Crippen molar-refractivity contribution < 1.29 is 44.4 Å². The molecule has 0 saturated heterocycles. The van der Waals surface area contributed by atoms with Gasteiger partial charge >= 0.3 is 0 Å². The van der Waals surface area contributed by atoms with Crippen LogP contribution in [0.2, 0.25) is 0 Å². The number of nitrogens with zero attached hydrogens (tertiary/aromatic N) is 2. The average molecular weight is 603 g/mol. The Bertz CT molecular complexity index is 1720. The van der Waals surface area contributed by atoms with E-state index in [0.29, 0.717) is 28.8 Å². The maximum absolute atomic E-state index is 14.0. The molecule has 13 heteroatoms. The van der Waals surface area contributed by atoms with E-state index in [-0.39, 0.29) is 35.6 Å². The monoisotopic (exact) mass is 602 g/mol. The Kier molecular flexibility index (Phi) is 6.82. The maximum atomic E-state index is 14.0. The first-order valence-electron chi connectivity index (χ1n) is 13.9. The Hall–Kier alpha value is -5.01. The number of likely N-dealkylation sites (N-methyl/N-ethyl adjacent to an activating group) is 1. The molecular formula is C31H30N4O9. The SMILES string of the molecule is CN(C)[C@@H]1C(O)=C(C(N)=O)C(=O)[C@@]2(O)C(O)=C3C(=O)c4c(O)ccc(-c5ccc(NC(=O)C6CC=NO6)cc5)c4C[C@H]3C[C@@H]12. The quantitative estimate of drug-likeness (QED) is 0.271. The van der Waals surface area contributed by atoms with Gasteiger partial charge in [0.15, 0.2) is 11.4 Å². The Balaban J connectivity index is 1.40. The minimum Gasteiger partial charge on any atom is -0.510 e. The number of Topliss-reactive ketones (excluding diaryl/α,β-unsaturated/α-hetero) is 2. The summed E-state index contributed by atoms with van der Waals surface area (Å²) < 4.78 is 0. The lowest BCUT2D eigenvalue weighted by Gasteiger charge is -2.50. The molecule has 0 bridgehead atoms. The number of fused-ring (bicyclic) bond motifs is 3. The number of aliphatic hydroxyl groups is 3. The van der Waals surface area contributed by atoms with E-state index in [2.05, 4.69) is 10.5 Å². The van der Waals surface area contributed by atoms with Crippen molar-refractivity contribution in [2.75, 3.05) is 19.4 Å². The van der Waals surface area contributed by atoms with Gasteiger partial charge in [0.1, 0.15) is 22.8 Å². The number of primary amides is 1. The average Bonchev–Trinajstić information content (AvgIpc) is 3.51. The number of nitrogens with two attached hydrogens (primary N) is 1. The molecule has 6 rings (SSSR count). The molecule has 2 aromatic carbocycles. The third-order valence-electron chi connectivity index (χ3n) is 8.94. The lowest BCUT2D eigenvalue weighted by Crippen LogP contribution is -2.63. The third kappa shape index (κ3) is 4.19. The number of anilines is 1. The Morgan fingerprint density at radius 1 is 1.09 bits per heavy atom. The number of hydrogen-bond donors (Lipinski definition) is 6. The number of aliphatic hydroxyl groups excluding tert-OH is 2. The van der Waals surface area contributed by atoms with Crippen LogP contribution in [0.4, 0.5) is 5.69 Å². The first-order chi connectivity index (χ1) is 20.9. The first-order valence-corrected chi connectivity index (χ1v) is 13.9. The fraction of sp³-hybridized carbons (Fsp3) is 0.323. The van der Waals surface area contributed by atoms with Gasteiger partial charge in [-0.1, -0.05) is 23.4 Å². The molecule has 0 aromatic heterocycles. The fourth-order valence-electron chi connectivity index (χ4n) is 6.93. The molecule has 1 unspecified atom stereocenters. The second-order valence-electron chi connectivity index (χ2n) is 11.6. The number of nitrogens with one attached hydrogen (secondary N) is 1. The highest BCUT2D eigenvalue weighted by Crippen LogP contribution is 2.53. The van der Waals surface area contributed by atoms with Gasteiger partial charge in [-0.2, -0.15) is 0 Å². The zero-order chi connectivity index (χ0) is 31.7. The Labute approximate surface area is 250 Å². The minimum absolute atomic E-state index is 0.0151. The van der Waals surface area contributed by atoms with Crippen LogP contribution < -0.4 is 11.1 Å². The highest BCUT2D eigenvalue weighted by Gasteiger charge is 2.63. The maximum Gasteiger partial charge on any atom is 0.268 e. The van der Waals surface area contributed by atoms with Gasteiger partial charge in [-0.25, -0.2) is 0 Å². The van der Waals surface area contributed by atoms with Gasteiger partial charge in [0, 0.05) is 29.8 Å². The second-order valence-corrected chi connectivity index (χ2v) is 11.6. The predicted octanol–water partition coefficient (Wildman–Crippen LogP) is 1.50. The smallest absolute Gasteiger partial charge is 0.268 e. The van der Waals surface area contributed by atoms with Crippen LogP contribution in [0.25, 0.3) is 11.1 Å². The topological polar surface area (TPSA) is 212 Å². The van der Waals surface area contributed by atoms with Crippen LogP contribution >= 0.6 is 0 Å². The molecule has 0 radical (unpaired) electrons. The van der Waals surface area contributed by atoms with Crippen LogP contribution in [-0.2, 0) is 25.6 Å². The van der Waals surface area contributed by atoms with Crippen LogP contribution in [0.1, 0.15) is 28.8 Å². The number of benzene rings is 2. The number of carbonyl (C=O) groups excluding carboxylic acids is 4. The van der Waals surface area contributed by atoms with Crippen molar-refractivity contribution in [3.8, 4) is 16.9 Å². The van der Waals surface area contributed by atoms with Crippen molar-refractivity contribution >= 4 is 35.3 Å². The normalized spacial score (nSPS) is 27.5. The van der Waals surface area contributed by atoms with E-state index in [1.54, 1.807) is 44.4 Å². The lowest BCUT2D eigenvalue weighted by atomic mass is 9.58. The summed E-state index contributed by atoms with van der Waals surface area (Å²) in [6, 6.07) is 8.80. The zero-order valence-corrected chi connectivity index (χ0v) is 23.8. The summed E-state index contributed by atoms with van der Waals surface area (Å²) in [4.78, 5) is 58.4. The summed E-state index contributed by atoms with van der Waals surface area (Å²) in [6.07, 6.45) is 1.31. The third-order valence-corrected chi connectivity index (χ3v) is 8.94. The van der Waals surface area contributed by atoms with Crippen LogP contribution in [0.3, 0.4) is 0 Å². The van der Waals surface area contributed by atoms with Crippen molar-refractivity contribution in [1.82, 2.24) is 4.90 Å². The van der Waals surface area contributed by atoms with Gasteiger partial charge < -0.3 is 36.3 Å². The van der Waals surface area contributed by atoms with Crippen LogP contribution in [0.5, 0.6) is 5.75 Å². The fourth-order valence-corrected chi connectivity index (χ4v) is 6.93. The molecule has 5 atom stereocenters. The summed E-state index contributed by atoms with van der Waals surface area (Å²) in [6.45, 7) is 0. The second kappa shape index (κ2) is 10.3. The number of rotatable bonds is 5. The summed E-state index contributed by atoms with van der Waals surface area (Å²) in [5.41, 5.74) is 3.83. The number of aromatic hydroxyl groups is 1. The number of ketones is 2. The number of hydrogen-bond acceptors (Lipinski definition) is 11. The highest BCUT2D eigenvalue weighted by atomic mass is 16.6. The first kappa shape index (κ1) is 29.1. The summed E-state index contributed by atoms with van der Waals surface area (Å²) in [7, 11) is 3.15. The molecule has 13 nitrogen and oxygen atoms in total. The van der Waals surface area contributed by atoms with Crippen LogP contribution in [0.15, 0.2) is 64.2 Å². The lowest BCUT2D eigenvalue weighted by molar-refractivity contribution is -0.148. The number of allylic oxidation sites excluding steroid dienone is 1. The van der Waals surface area contributed by atoms with E-state index in [1.165, 1.54) is 17.2 Å². The molecular weight excluding hydrogens is 572 g/mol. The zero-order valence-electron chi connectivity index (χ0n) is 23.8. The summed E-state index contributed by atoms with van der Waals surface area (Å²) in [5.74, 6) is -7.39. The van der Waals surface area contributed by atoms with Gasteiger partial charge in [-0.3, -0.25) is 24.1 Å². The van der Waals surface area contributed by atoms with E-state index in [1.807, 2.05) is 0 Å². The van der Waals surface area contributed by atoms with Crippen molar-refractivity contribution in [3.63, 3.8) is 0 Å². The highest BCUT2D eigenvalue weighted by molar-refractivity contribution is 6.25. The summed E-state index contributed by atoms with van der Waals surface area (Å²) in [5, 5.41) is 51.3. The Morgan fingerprint density at radius 3 is 2.41 bits per heavy atom. The predicted molar refractivity (Wildman–Crippen MR) is 156 cm³/mol. The molecule has 1 heterocycles. The van der Waals surface area contributed by atoms with Crippen molar-refractivity contribution in [2.45, 2.75) is 37.0 Å². The van der Waals surface area contributed by atoms with E-state index >= 15 is 0 Å². The number of amides is 2. The molecule has 1 aliphatic heterocycles.